The molecule has 0 aliphatic rings. The molecule has 0 aromatic heterocycles. The van der Waals surface area contributed by atoms with E-state index in [2.05, 4.69) is 0 Å². The molecule has 0 radical (unpaired) electrons. The highest BCUT2D eigenvalue weighted by molar-refractivity contribution is 5.76. The molecule has 1 unspecified atom stereocenters. The molecule has 22 heavy (non-hydrogen) atoms. The Morgan fingerprint density at radius 2 is 1.68 bits per heavy atom. The van der Waals surface area contributed by atoms with Crippen molar-refractivity contribution in [1.82, 2.24) is 5.01 Å². The van der Waals surface area contributed by atoms with Gasteiger partial charge in [0.1, 0.15) is 0 Å². The van der Waals surface area contributed by atoms with Gasteiger partial charge in [0.15, 0.2) is 0 Å². The lowest BCUT2D eigenvalue weighted by molar-refractivity contribution is -0.135. The Balaban J connectivity index is 2.00. The summed E-state index contributed by atoms with van der Waals surface area (Å²) in [4.78, 5) is 12.4. The molecule has 0 spiro atoms. The molecular formula is C18H22N2O2. The van der Waals surface area contributed by atoms with Crippen LogP contribution in [-0.2, 0) is 16.0 Å². The van der Waals surface area contributed by atoms with E-state index in [0.717, 1.165) is 11.1 Å². The summed E-state index contributed by atoms with van der Waals surface area (Å²) < 4.78 is 5.22. The third-order valence-corrected chi connectivity index (χ3v) is 3.60. The Bertz CT molecular complexity index is 572. The number of amides is 1. The molecule has 0 saturated carbocycles. The fourth-order valence-electron chi connectivity index (χ4n) is 2.37. The van der Waals surface area contributed by atoms with Crippen LogP contribution < -0.4 is 5.84 Å². The van der Waals surface area contributed by atoms with Crippen LogP contribution in [0.2, 0.25) is 0 Å². The van der Waals surface area contributed by atoms with E-state index < -0.39 is 0 Å². The first-order valence-electron chi connectivity index (χ1n) is 7.37. The van der Waals surface area contributed by atoms with Crippen molar-refractivity contribution in [2.75, 3.05) is 13.7 Å². The number of hydrazine groups is 1. The van der Waals surface area contributed by atoms with E-state index in [0.29, 0.717) is 19.4 Å². The van der Waals surface area contributed by atoms with E-state index in [1.807, 2.05) is 60.7 Å². The van der Waals surface area contributed by atoms with Crippen molar-refractivity contribution in [3.8, 4) is 0 Å². The van der Waals surface area contributed by atoms with E-state index in [4.69, 9.17) is 10.6 Å². The van der Waals surface area contributed by atoms with Gasteiger partial charge in [-0.1, -0.05) is 60.7 Å². The molecule has 0 aliphatic heterocycles. The normalized spacial score (nSPS) is 11.9. The van der Waals surface area contributed by atoms with Crippen molar-refractivity contribution in [3.05, 3.63) is 71.8 Å². The van der Waals surface area contributed by atoms with E-state index in [-0.39, 0.29) is 11.9 Å². The van der Waals surface area contributed by atoms with Gasteiger partial charge in [-0.05, 0) is 17.5 Å². The minimum atomic E-state index is -0.269. The van der Waals surface area contributed by atoms with Gasteiger partial charge in [-0.25, -0.2) is 5.84 Å². The van der Waals surface area contributed by atoms with Crippen LogP contribution in [0.15, 0.2) is 60.7 Å². The Morgan fingerprint density at radius 1 is 1.09 bits per heavy atom. The number of ether oxygens (including phenoxy) is 1. The van der Waals surface area contributed by atoms with Crippen molar-refractivity contribution in [2.45, 2.75) is 18.9 Å². The second kappa shape index (κ2) is 8.32. The number of aryl methyl sites for hydroxylation is 1. The fraction of sp³-hybridized carbons (Fsp3) is 0.278. The summed E-state index contributed by atoms with van der Waals surface area (Å²) in [5.41, 5.74) is 2.10. The molecule has 4 nitrogen and oxygen atoms in total. The van der Waals surface area contributed by atoms with Gasteiger partial charge in [0, 0.05) is 13.5 Å². The summed E-state index contributed by atoms with van der Waals surface area (Å²) in [7, 11) is 1.61. The molecule has 0 saturated heterocycles. The van der Waals surface area contributed by atoms with Crippen LogP contribution in [0.25, 0.3) is 0 Å². The molecule has 116 valence electrons. The summed E-state index contributed by atoms with van der Waals surface area (Å²) in [6.45, 7) is 0.373. The molecule has 4 heteroatoms. The largest absolute Gasteiger partial charge is 0.382 e. The van der Waals surface area contributed by atoms with E-state index in [1.165, 1.54) is 5.01 Å². The highest BCUT2D eigenvalue weighted by Crippen LogP contribution is 2.19. The zero-order chi connectivity index (χ0) is 15.8. The first-order chi connectivity index (χ1) is 10.7. The summed E-state index contributed by atoms with van der Waals surface area (Å²) in [5, 5.41) is 1.29. The molecule has 0 heterocycles. The predicted molar refractivity (Wildman–Crippen MR) is 86.9 cm³/mol. The number of nitrogens with two attached hydrogens (primary N) is 1. The van der Waals surface area contributed by atoms with E-state index in [1.54, 1.807) is 7.11 Å². The third kappa shape index (κ3) is 4.41. The zero-order valence-corrected chi connectivity index (χ0v) is 12.8. The Morgan fingerprint density at radius 3 is 2.27 bits per heavy atom. The van der Waals surface area contributed by atoms with Crippen molar-refractivity contribution in [1.29, 1.82) is 0 Å². The van der Waals surface area contributed by atoms with Crippen LogP contribution >= 0.6 is 0 Å². The van der Waals surface area contributed by atoms with Gasteiger partial charge in [-0.3, -0.25) is 9.80 Å². The molecular weight excluding hydrogens is 276 g/mol. The predicted octanol–water partition coefficient (Wildman–Crippen LogP) is 2.71. The fourth-order valence-corrected chi connectivity index (χ4v) is 2.37. The topological polar surface area (TPSA) is 55.6 Å². The number of carbonyl (C=O) groups excluding carboxylic acids is 1. The van der Waals surface area contributed by atoms with E-state index >= 15 is 0 Å². The lowest BCUT2D eigenvalue weighted by Crippen LogP contribution is -2.42. The van der Waals surface area contributed by atoms with Crippen molar-refractivity contribution >= 4 is 5.91 Å². The summed E-state index contributed by atoms with van der Waals surface area (Å²) >= 11 is 0. The third-order valence-electron chi connectivity index (χ3n) is 3.60. The lowest BCUT2D eigenvalue weighted by atomic mass is 10.1. The number of hydrogen-bond acceptors (Lipinski definition) is 3. The number of carbonyl (C=O) groups is 1. The van der Waals surface area contributed by atoms with Crippen LogP contribution in [0.4, 0.5) is 0 Å². The summed E-state index contributed by atoms with van der Waals surface area (Å²) in [6.07, 6.45) is 1.06. The average Bonchev–Trinajstić information content (AvgIpc) is 2.58. The monoisotopic (exact) mass is 298 g/mol. The van der Waals surface area contributed by atoms with Gasteiger partial charge in [0.2, 0.25) is 5.91 Å². The first-order valence-corrected chi connectivity index (χ1v) is 7.37. The molecule has 2 aromatic carbocycles. The molecule has 2 aromatic rings. The maximum atomic E-state index is 12.4. The summed E-state index contributed by atoms with van der Waals surface area (Å²) in [6, 6.07) is 19.4. The van der Waals surface area contributed by atoms with Crippen LogP contribution in [0.1, 0.15) is 23.6 Å². The molecule has 0 bridgehead atoms. The van der Waals surface area contributed by atoms with Gasteiger partial charge in [0.05, 0.1) is 12.6 Å². The minimum Gasteiger partial charge on any atom is -0.382 e. The Hall–Kier alpha value is -2.17. The van der Waals surface area contributed by atoms with Crippen LogP contribution in [0.3, 0.4) is 0 Å². The van der Waals surface area contributed by atoms with Crippen molar-refractivity contribution < 1.29 is 9.53 Å². The van der Waals surface area contributed by atoms with E-state index in [9.17, 15) is 4.79 Å². The van der Waals surface area contributed by atoms with Gasteiger partial charge >= 0.3 is 0 Å². The van der Waals surface area contributed by atoms with Crippen molar-refractivity contribution in [2.24, 2.45) is 5.84 Å². The SMILES string of the molecule is COCC(c1ccccc1)N(N)C(=O)CCc1ccccc1. The molecule has 2 N–H and O–H groups in total. The first kappa shape index (κ1) is 16.2. The molecule has 0 aliphatic carbocycles. The number of methoxy groups -OCH3 is 1. The quantitative estimate of drug-likeness (QED) is 0.486. The molecule has 1 amide bonds. The Kier molecular flexibility index (Phi) is 6.13. The molecule has 0 fully saturated rings. The maximum Gasteiger partial charge on any atom is 0.237 e. The minimum absolute atomic E-state index is 0.0882. The standard InChI is InChI=1S/C18H22N2O2/c1-22-14-17(16-10-6-3-7-11-16)20(19)18(21)13-12-15-8-4-2-5-9-15/h2-11,17H,12-14,19H2,1H3. The number of benzene rings is 2. The Labute approximate surface area is 131 Å². The molecule has 1 atom stereocenters. The highest BCUT2D eigenvalue weighted by Gasteiger charge is 2.22. The second-order valence-electron chi connectivity index (χ2n) is 5.17. The number of rotatable bonds is 7. The van der Waals surface area contributed by atoms with Gasteiger partial charge in [0.25, 0.3) is 0 Å². The van der Waals surface area contributed by atoms with Gasteiger partial charge < -0.3 is 4.74 Å². The number of hydrogen-bond donors (Lipinski definition) is 1. The lowest BCUT2D eigenvalue weighted by Gasteiger charge is -2.27. The second-order valence-corrected chi connectivity index (χ2v) is 5.17. The summed E-state index contributed by atoms with van der Waals surface area (Å²) in [5.74, 6) is 5.96. The average molecular weight is 298 g/mol. The van der Waals surface area contributed by atoms with Crippen LogP contribution in [0, 0.1) is 0 Å². The number of nitrogens with zero attached hydrogens (tertiary/aromatic N) is 1. The smallest absolute Gasteiger partial charge is 0.237 e. The highest BCUT2D eigenvalue weighted by atomic mass is 16.5. The van der Waals surface area contributed by atoms with Crippen LogP contribution in [-0.4, -0.2) is 24.6 Å². The zero-order valence-electron chi connectivity index (χ0n) is 12.8. The molecule has 2 rings (SSSR count). The van der Waals surface area contributed by atoms with Crippen LogP contribution in [0.5, 0.6) is 0 Å². The van der Waals surface area contributed by atoms with Gasteiger partial charge in [-0.2, -0.15) is 0 Å². The van der Waals surface area contributed by atoms with Gasteiger partial charge in [-0.15, -0.1) is 0 Å². The van der Waals surface area contributed by atoms with Crippen molar-refractivity contribution in [3.63, 3.8) is 0 Å². The maximum absolute atomic E-state index is 12.4.